The second kappa shape index (κ2) is 9.16. The quantitative estimate of drug-likeness (QED) is 0.430. The maximum atomic E-state index is 12.0. The summed E-state index contributed by atoms with van der Waals surface area (Å²) in [6.45, 7) is 5.76. The van der Waals surface area contributed by atoms with E-state index in [0.717, 1.165) is 28.2 Å². The highest BCUT2D eigenvalue weighted by Gasteiger charge is 2.11. The SMILES string of the molecule is Cc1ccccc1OCC(=O)N/N=C/c1cc(C)n(-c2cc(Cl)cc(Cl)c2)c1C. The number of aromatic nitrogens is 1. The van der Waals surface area contributed by atoms with Crippen LogP contribution >= 0.6 is 23.2 Å². The molecule has 0 aliphatic carbocycles. The van der Waals surface area contributed by atoms with Gasteiger partial charge in [-0.15, -0.1) is 0 Å². The number of hydrazone groups is 1. The molecule has 5 nitrogen and oxygen atoms in total. The van der Waals surface area contributed by atoms with Crippen LogP contribution in [-0.4, -0.2) is 23.3 Å². The van der Waals surface area contributed by atoms with Crippen molar-refractivity contribution in [3.05, 3.63) is 81.1 Å². The highest BCUT2D eigenvalue weighted by atomic mass is 35.5. The predicted octanol–water partition coefficient (Wildman–Crippen LogP) is 5.24. The number of benzene rings is 2. The number of carbonyl (C=O) groups is 1. The summed E-state index contributed by atoms with van der Waals surface area (Å²) in [5.74, 6) is 0.343. The highest BCUT2D eigenvalue weighted by Crippen LogP contribution is 2.26. The van der Waals surface area contributed by atoms with Gasteiger partial charge in [-0.1, -0.05) is 41.4 Å². The first-order valence-electron chi connectivity index (χ1n) is 9.01. The number of aryl methyl sites for hydroxylation is 2. The van der Waals surface area contributed by atoms with E-state index in [-0.39, 0.29) is 12.5 Å². The molecular formula is C22H21Cl2N3O2. The molecule has 1 aromatic heterocycles. The topological polar surface area (TPSA) is 55.6 Å². The van der Waals surface area contributed by atoms with Gasteiger partial charge in [-0.05, 0) is 56.7 Å². The third-order valence-corrected chi connectivity index (χ3v) is 4.86. The van der Waals surface area contributed by atoms with Crippen LogP contribution in [0.25, 0.3) is 5.69 Å². The van der Waals surface area contributed by atoms with Crippen molar-refractivity contribution >= 4 is 35.3 Å². The molecule has 0 aliphatic heterocycles. The minimum Gasteiger partial charge on any atom is -0.483 e. The zero-order valence-corrected chi connectivity index (χ0v) is 17.9. The van der Waals surface area contributed by atoms with Crippen LogP contribution in [0.1, 0.15) is 22.5 Å². The molecule has 1 N–H and O–H groups in total. The number of hydrogen-bond donors (Lipinski definition) is 1. The Balaban J connectivity index is 1.67. The molecule has 0 unspecified atom stereocenters. The van der Waals surface area contributed by atoms with E-state index in [0.29, 0.717) is 15.8 Å². The molecule has 1 amide bonds. The first-order valence-corrected chi connectivity index (χ1v) is 9.76. The summed E-state index contributed by atoms with van der Waals surface area (Å²) in [6, 6.07) is 14.9. The normalized spacial score (nSPS) is 11.1. The Bertz CT molecular complexity index is 1050. The number of amides is 1. The highest BCUT2D eigenvalue weighted by molar-refractivity contribution is 6.34. The maximum Gasteiger partial charge on any atom is 0.277 e. The van der Waals surface area contributed by atoms with Crippen molar-refractivity contribution in [2.75, 3.05) is 6.61 Å². The van der Waals surface area contributed by atoms with E-state index < -0.39 is 0 Å². The Morgan fingerprint density at radius 2 is 1.79 bits per heavy atom. The van der Waals surface area contributed by atoms with Gasteiger partial charge in [0.15, 0.2) is 6.61 Å². The van der Waals surface area contributed by atoms with Crippen molar-refractivity contribution in [1.29, 1.82) is 0 Å². The number of rotatable bonds is 6. The Morgan fingerprint density at radius 1 is 1.10 bits per heavy atom. The summed E-state index contributed by atoms with van der Waals surface area (Å²) in [5.41, 5.74) is 7.15. The molecule has 7 heteroatoms. The minimum absolute atomic E-state index is 0.109. The molecule has 0 bridgehead atoms. The van der Waals surface area contributed by atoms with Gasteiger partial charge in [-0.3, -0.25) is 4.79 Å². The van der Waals surface area contributed by atoms with E-state index in [1.165, 1.54) is 0 Å². The van der Waals surface area contributed by atoms with Crippen LogP contribution in [0.2, 0.25) is 10.0 Å². The number of ether oxygens (including phenoxy) is 1. The van der Waals surface area contributed by atoms with Gasteiger partial charge in [0.1, 0.15) is 5.75 Å². The van der Waals surface area contributed by atoms with Crippen LogP contribution in [-0.2, 0) is 4.79 Å². The molecule has 3 rings (SSSR count). The number of halogens is 2. The van der Waals surface area contributed by atoms with Crippen LogP contribution in [0.5, 0.6) is 5.75 Å². The minimum atomic E-state index is -0.333. The van der Waals surface area contributed by atoms with E-state index in [2.05, 4.69) is 10.5 Å². The standard InChI is InChI=1S/C22H21Cl2N3O2/c1-14-6-4-5-7-21(14)29-13-22(28)26-25-12-17-8-15(2)27(16(17)3)20-10-18(23)9-19(24)11-20/h4-12H,13H2,1-3H3,(H,26,28)/b25-12+. The fraction of sp³-hybridized carbons (Fsp3) is 0.182. The van der Waals surface area contributed by atoms with Gasteiger partial charge < -0.3 is 9.30 Å². The molecule has 0 saturated heterocycles. The fourth-order valence-electron chi connectivity index (χ4n) is 3.05. The zero-order valence-electron chi connectivity index (χ0n) is 16.4. The van der Waals surface area contributed by atoms with Crippen molar-refractivity contribution in [3.8, 4) is 11.4 Å². The average Bonchev–Trinajstić information content (AvgIpc) is 2.94. The molecule has 3 aromatic rings. The van der Waals surface area contributed by atoms with Crippen LogP contribution < -0.4 is 10.2 Å². The maximum absolute atomic E-state index is 12.0. The molecule has 0 radical (unpaired) electrons. The predicted molar refractivity (Wildman–Crippen MR) is 118 cm³/mol. The summed E-state index contributed by atoms with van der Waals surface area (Å²) in [7, 11) is 0. The van der Waals surface area contributed by atoms with Gasteiger partial charge in [0, 0.05) is 32.7 Å². The fourth-order valence-corrected chi connectivity index (χ4v) is 3.57. The van der Waals surface area contributed by atoms with Gasteiger partial charge in [0.05, 0.1) is 6.21 Å². The molecular weight excluding hydrogens is 409 g/mol. The smallest absolute Gasteiger partial charge is 0.277 e. The molecule has 29 heavy (non-hydrogen) atoms. The van der Waals surface area contributed by atoms with Gasteiger partial charge in [-0.25, -0.2) is 5.43 Å². The second-order valence-electron chi connectivity index (χ2n) is 6.64. The molecule has 0 saturated carbocycles. The van der Waals surface area contributed by atoms with Crippen molar-refractivity contribution < 1.29 is 9.53 Å². The Labute approximate surface area is 179 Å². The van der Waals surface area contributed by atoms with Gasteiger partial charge >= 0.3 is 0 Å². The Morgan fingerprint density at radius 3 is 2.48 bits per heavy atom. The molecule has 150 valence electrons. The number of hydrogen-bond acceptors (Lipinski definition) is 3. The lowest BCUT2D eigenvalue weighted by atomic mass is 10.2. The molecule has 1 heterocycles. The largest absolute Gasteiger partial charge is 0.483 e. The first kappa shape index (κ1) is 21.0. The van der Waals surface area contributed by atoms with E-state index in [1.54, 1.807) is 12.3 Å². The van der Waals surface area contributed by atoms with Crippen molar-refractivity contribution in [3.63, 3.8) is 0 Å². The number of nitrogens with one attached hydrogen (secondary N) is 1. The molecule has 0 atom stereocenters. The van der Waals surface area contributed by atoms with Crippen LogP contribution in [0.3, 0.4) is 0 Å². The first-order chi connectivity index (χ1) is 13.8. The van der Waals surface area contributed by atoms with Crippen LogP contribution in [0, 0.1) is 20.8 Å². The van der Waals surface area contributed by atoms with E-state index in [9.17, 15) is 4.79 Å². The van der Waals surface area contributed by atoms with Gasteiger partial charge in [-0.2, -0.15) is 5.10 Å². The lowest BCUT2D eigenvalue weighted by Crippen LogP contribution is -2.24. The average molecular weight is 430 g/mol. The van der Waals surface area contributed by atoms with Crippen LogP contribution in [0.4, 0.5) is 0 Å². The van der Waals surface area contributed by atoms with E-state index in [1.807, 2.05) is 67.8 Å². The number of nitrogens with zero attached hydrogens (tertiary/aromatic N) is 2. The Kier molecular flexibility index (Phi) is 6.62. The summed E-state index contributed by atoms with van der Waals surface area (Å²) in [6.07, 6.45) is 1.61. The summed E-state index contributed by atoms with van der Waals surface area (Å²) in [5, 5.41) is 5.18. The van der Waals surface area contributed by atoms with Crippen molar-refractivity contribution in [1.82, 2.24) is 9.99 Å². The summed E-state index contributed by atoms with van der Waals surface area (Å²) in [4.78, 5) is 12.0. The van der Waals surface area contributed by atoms with Gasteiger partial charge in [0.2, 0.25) is 0 Å². The van der Waals surface area contributed by atoms with E-state index in [4.69, 9.17) is 27.9 Å². The molecule has 0 spiro atoms. The van der Waals surface area contributed by atoms with Crippen molar-refractivity contribution in [2.24, 2.45) is 5.10 Å². The summed E-state index contributed by atoms with van der Waals surface area (Å²) >= 11 is 12.3. The third kappa shape index (κ3) is 5.19. The van der Waals surface area contributed by atoms with Gasteiger partial charge in [0.25, 0.3) is 5.91 Å². The molecule has 0 aliphatic rings. The molecule has 0 fully saturated rings. The van der Waals surface area contributed by atoms with E-state index >= 15 is 0 Å². The third-order valence-electron chi connectivity index (χ3n) is 4.42. The van der Waals surface area contributed by atoms with Crippen LogP contribution in [0.15, 0.2) is 53.6 Å². The van der Waals surface area contributed by atoms with Crippen molar-refractivity contribution in [2.45, 2.75) is 20.8 Å². The monoisotopic (exact) mass is 429 g/mol. The number of carbonyl (C=O) groups excluding carboxylic acids is 1. The lowest BCUT2D eigenvalue weighted by molar-refractivity contribution is -0.123. The Hall–Kier alpha value is -2.76. The summed E-state index contributed by atoms with van der Waals surface area (Å²) < 4.78 is 7.54. The lowest BCUT2D eigenvalue weighted by Gasteiger charge is -2.10. The zero-order chi connectivity index (χ0) is 21.0. The molecule has 2 aromatic carbocycles. The number of para-hydroxylation sites is 1. The second-order valence-corrected chi connectivity index (χ2v) is 7.51.